The number of furan rings is 1. The van der Waals surface area contributed by atoms with Crippen LogP contribution in [-0.2, 0) is 6.42 Å². The molecule has 0 fully saturated rings. The summed E-state index contributed by atoms with van der Waals surface area (Å²) in [5, 5.41) is 20.4. The Balaban J connectivity index is 1.77. The number of phenolic OH excluding ortho intramolecular Hbond substituents is 2. The lowest BCUT2D eigenvalue weighted by molar-refractivity contribution is 0.0962. The summed E-state index contributed by atoms with van der Waals surface area (Å²) in [6.07, 6.45) is 0.939. The van der Waals surface area contributed by atoms with E-state index in [4.69, 9.17) is 9.15 Å². The van der Waals surface area contributed by atoms with E-state index >= 15 is 0 Å². The number of aromatic hydroxyl groups is 2. The molecule has 6 heteroatoms. The largest absolute Gasteiger partial charge is 0.504 e. The van der Waals surface area contributed by atoms with Crippen molar-refractivity contribution in [1.29, 1.82) is 0 Å². The number of benzene rings is 2. The SMILES string of the molecule is COc1c(O)c(O)cc2c3c(oc12)CC(c1ccc(N(C)C)cc1)CC3=O. The van der Waals surface area contributed by atoms with Gasteiger partial charge in [0.15, 0.2) is 17.1 Å². The third-order valence-corrected chi connectivity index (χ3v) is 5.19. The summed E-state index contributed by atoms with van der Waals surface area (Å²) in [6.45, 7) is 0. The first kappa shape index (κ1) is 17.3. The molecule has 140 valence electrons. The molecule has 1 heterocycles. The van der Waals surface area contributed by atoms with Crippen LogP contribution < -0.4 is 9.64 Å². The molecule has 6 nitrogen and oxygen atoms in total. The van der Waals surface area contributed by atoms with E-state index in [1.165, 1.54) is 13.2 Å². The van der Waals surface area contributed by atoms with E-state index in [9.17, 15) is 15.0 Å². The highest BCUT2D eigenvalue weighted by molar-refractivity contribution is 6.11. The summed E-state index contributed by atoms with van der Waals surface area (Å²) in [5.41, 5.74) is 2.94. The van der Waals surface area contributed by atoms with Gasteiger partial charge < -0.3 is 24.3 Å². The van der Waals surface area contributed by atoms with E-state index in [1.54, 1.807) is 0 Å². The second kappa shape index (κ2) is 6.23. The van der Waals surface area contributed by atoms with Gasteiger partial charge >= 0.3 is 0 Å². The highest BCUT2D eigenvalue weighted by Gasteiger charge is 2.33. The highest BCUT2D eigenvalue weighted by Crippen LogP contribution is 2.47. The average Bonchev–Trinajstić information content (AvgIpc) is 3.01. The average molecular weight is 367 g/mol. The van der Waals surface area contributed by atoms with Crippen molar-refractivity contribution in [3.8, 4) is 17.2 Å². The molecule has 27 heavy (non-hydrogen) atoms. The van der Waals surface area contributed by atoms with Gasteiger partial charge in [-0.1, -0.05) is 12.1 Å². The lowest BCUT2D eigenvalue weighted by Gasteiger charge is -2.21. The topological polar surface area (TPSA) is 83.1 Å². The van der Waals surface area contributed by atoms with Crippen LogP contribution in [0.5, 0.6) is 17.2 Å². The van der Waals surface area contributed by atoms with Gasteiger partial charge in [0.25, 0.3) is 0 Å². The quantitative estimate of drug-likeness (QED) is 0.685. The van der Waals surface area contributed by atoms with Crippen LogP contribution in [0, 0.1) is 0 Å². The van der Waals surface area contributed by atoms with Crippen LogP contribution in [-0.4, -0.2) is 37.2 Å². The number of phenols is 2. The Labute approximate surface area is 156 Å². The van der Waals surface area contributed by atoms with Crippen molar-refractivity contribution in [2.24, 2.45) is 0 Å². The number of hydrogen-bond acceptors (Lipinski definition) is 6. The first-order chi connectivity index (χ1) is 12.9. The highest BCUT2D eigenvalue weighted by atomic mass is 16.5. The van der Waals surface area contributed by atoms with Crippen molar-refractivity contribution >= 4 is 22.4 Å². The van der Waals surface area contributed by atoms with Crippen LogP contribution in [0.3, 0.4) is 0 Å². The van der Waals surface area contributed by atoms with Gasteiger partial charge in [-0.15, -0.1) is 0 Å². The molecule has 0 spiro atoms. The summed E-state index contributed by atoms with van der Waals surface area (Å²) >= 11 is 0. The zero-order chi connectivity index (χ0) is 19.3. The van der Waals surface area contributed by atoms with E-state index in [2.05, 4.69) is 0 Å². The molecule has 0 saturated heterocycles. The van der Waals surface area contributed by atoms with Gasteiger partial charge in [-0.05, 0) is 29.7 Å². The maximum Gasteiger partial charge on any atom is 0.208 e. The molecule has 1 atom stereocenters. The summed E-state index contributed by atoms with van der Waals surface area (Å²) in [6, 6.07) is 9.51. The lowest BCUT2D eigenvalue weighted by atomic mass is 9.82. The number of nitrogens with zero attached hydrogens (tertiary/aromatic N) is 1. The van der Waals surface area contributed by atoms with Crippen LogP contribution in [0.15, 0.2) is 34.7 Å². The fourth-order valence-corrected chi connectivity index (χ4v) is 3.77. The van der Waals surface area contributed by atoms with Crippen molar-refractivity contribution in [2.75, 3.05) is 26.1 Å². The summed E-state index contributed by atoms with van der Waals surface area (Å²) in [5.74, 6) is -0.138. The first-order valence-electron chi connectivity index (χ1n) is 8.75. The Morgan fingerprint density at radius 2 is 1.85 bits per heavy atom. The van der Waals surface area contributed by atoms with Crippen molar-refractivity contribution in [2.45, 2.75) is 18.8 Å². The first-order valence-corrected chi connectivity index (χ1v) is 8.75. The fraction of sp³-hybridized carbons (Fsp3) is 0.286. The van der Waals surface area contributed by atoms with E-state index in [0.29, 0.717) is 29.6 Å². The van der Waals surface area contributed by atoms with Crippen LogP contribution >= 0.6 is 0 Å². The van der Waals surface area contributed by atoms with Crippen molar-refractivity contribution in [3.05, 3.63) is 47.2 Å². The molecule has 2 aromatic carbocycles. The number of ether oxygens (including phenoxy) is 1. The van der Waals surface area contributed by atoms with Gasteiger partial charge in [0, 0.05) is 38.0 Å². The Kier molecular flexibility index (Phi) is 3.98. The Bertz CT molecular complexity index is 1030. The molecular weight excluding hydrogens is 346 g/mol. The predicted octanol–water partition coefficient (Wildman–Crippen LogP) is 3.83. The smallest absolute Gasteiger partial charge is 0.208 e. The second-order valence-corrected chi connectivity index (χ2v) is 7.07. The minimum atomic E-state index is -0.389. The number of methoxy groups -OCH3 is 1. The number of fused-ring (bicyclic) bond motifs is 3. The van der Waals surface area contributed by atoms with Gasteiger partial charge in [0.05, 0.1) is 12.7 Å². The summed E-state index contributed by atoms with van der Waals surface area (Å²) < 4.78 is 11.1. The number of rotatable bonds is 3. The third-order valence-electron chi connectivity index (χ3n) is 5.19. The monoisotopic (exact) mass is 367 g/mol. The van der Waals surface area contributed by atoms with Crippen LogP contribution in [0.2, 0.25) is 0 Å². The van der Waals surface area contributed by atoms with Crippen LogP contribution in [0.25, 0.3) is 11.0 Å². The van der Waals surface area contributed by atoms with Crippen LogP contribution in [0.1, 0.15) is 34.0 Å². The normalized spacial score (nSPS) is 16.4. The van der Waals surface area contributed by atoms with Gasteiger partial charge in [-0.2, -0.15) is 0 Å². The van der Waals surface area contributed by atoms with Gasteiger partial charge in [-0.3, -0.25) is 4.79 Å². The Hall–Kier alpha value is -3.15. The molecule has 1 aliphatic rings. The Morgan fingerprint density at radius 1 is 1.15 bits per heavy atom. The van der Waals surface area contributed by atoms with Crippen molar-refractivity contribution < 1.29 is 24.2 Å². The van der Waals surface area contributed by atoms with Crippen LogP contribution in [0.4, 0.5) is 5.69 Å². The molecule has 0 bridgehead atoms. The molecule has 0 aliphatic heterocycles. The van der Waals surface area contributed by atoms with E-state index in [-0.39, 0.29) is 34.5 Å². The van der Waals surface area contributed by atoms with Crippen molar-refractivity contribution in [1.82, 2.24) is 0 Å². The summed E-state index contributed by atoms with van der Waals surface area (Å²) in [7, 11) is 5.35. The number of carbonyl (C=O) groups is 1. The van der Waals surface area contributed by atoms with Gasteiger partial charge in [0.2, 0.25) is 11.5 Å². The standard InChI is InChI=1S/C21H21NO5/c1-22(2)13-6-4-11(5-7-13)12-8-15(23)18-14-10-16(24)19(25)21(26-3)20(14)27-17(18)9-12/h4-7,10,12,24-25H,8-9H2,1-3H3. The molecule has 4 rings (SSSR count). The molecule has 0 saturated carbocycles. The maximum absolute atomic E-state index is 12.9. The molecule has 0 amide bonds. The molecule has 0 radical (unpaired) electrons. The number of Topliss-reactive ketones (excluding diaryl/α,β-unsaturated/α-hetero) is 1. The zero-order valence-electron chi connectivity index (χ0n) is 15.4. The number of anilines is 1. The number of carbonyl (C=O) groups excluding carboxylic acids is 1. The zero-order valence-corrected chi connectivity index (χ0v) is 15.4. The maximum atomic E-state index is 12.9. The molecule has 2 N–H and O–H groups in total. The molecular formula is C21H21NO5. The minimum absolute atomic E-state index is 0.0231. The van der Waals surface area contributed by atoms with Crippen molar-refractivity contribution in [3.63, 3.8) is 0 Å². The van der Waals surface area contributed by atoms with E-state index < -0.39 is 0 Å². The lowest BCUT2D eigenvalue weighted by Crippen LogP contribution is -2.17. The second-order valence-electron chi connectivity index (χ2n) is 7.07. The molecule has 1 aromatic heterocycles. The predicted molar refractivity (Wildman–Crippen MR) is 102 cm³/mol. The summed E-state index contributed by atoms with van der Waals surface area (Å²) in [4.78, 5) is 14.9. The third kappa shape index (κ3) is 2.68. The fourth-order valence-electron chi connectivity index (χ4n) is 3.77. The van der Waals surface area contributed by atoms with E-state index in [1.807, 2.05) is 43.3 Å². The number of ketones is 1. The van der Waals surface area contributed by atoms with Gasteiger partial charge in [0.1, 0.15) is 5.76 Å². The minimum Gasteiger partial charge on any atom is -0.504 e. The Morgan fingerprint density at radius 3 is 2.48 bits per heavy atom. The molecule has 3 aromatic rings. The number of hydrogen-bond donors (Lipinski definition) is 2. The molecule has 1 aliphatic carbocycles. The van der Waals surface area contributed by atoms with Gasteiger partial charge in [-0.25, -0.2) is 0 Å². The van der Waals surface area contributed by atoms with E-state index in [0.717, 1.165) is 11.3 Å². The molecule has 1 unspecified atom stereocenters.